The summed E-state index contributed by atoms with van der Waals surface area (Å²) >= 11 is 0. The van der Waals surface area contributed by atoms with Crippen LogP contribution in [0.15, 0.2) is 65.7 Å². The molecule has 4 heterocycles. The Labute approximate surface area is 349 Å². The lowest BCUT2D eigenvalue weighted by Crippen LogP contribution is -2.54. The van der Waals surface area contributed by atoms with E-state index in [0.717, 1.165) is 93.0 Å². The van der Waals surface area contributed by atoms with Crippen LogP contribution in [0.4, 0.5) is 15.3 Å². The van der Waals surface area contributed by atoms with Gasteiger partial charge in [-0.25, -0.2) is 14.6 Å². The van der Waals surface area contributed by atoms with Gasteiger partial charge in [0.2, 0.25) is 11.8 Å². The van der Waals surface area contributed by atoms with Gasteiger partial charge in [0.1, 0.15) is 17.9 Å². The van der Waals surface area contributed by atoms with Crippen molar-refractivity contribution in [2.45, 2.75) is 96.4 Å². The molecule has 1 aromatic heterocycles. The van der Waals surface area contributed by atoms with Gasteiger partial charge in [0.25, 0.3) is 0 Å². The number of methoxy groups -OCH3 is 2. The monoisotopic (exact) mass is 811 g/mol. The number of aliphatic imine (C=N–C) groups is 1. The number of amides is 4. The number of piperidine rings is 1. The minimum absolute atomic E-state index is 0.0885. The summed E-state index contributed by atoms with van der Waals surface area (Å²) in [6, 6.07) is 20.0. The summed E-state index contributed by atoms with van der Waals surface area (Å²) in [7, 11) is 2.62. The third-order valence-electron chi connectivity index (χ3n) is 13.4. The zero-order valence-electron chi connectivity index (χ0n) is 35.1. The van der Waals surface area contributed by atoms with Crippen LogP contribution in [0.2, 0.25) is 0 Å². The van der Waals surface area contributed by atoms with Crippen LogP contribution in [-0.4, -0.2) is 94.4 Å². The van der Waals surface area contributed by atoms with Crippen molar-refractivity contribution in [3.8, 4) is 11.1 Å². The zero-order valence-corrected chi connectivity index (χ0v) is 35.1. The number of rotatable bonds is 9. The maximum atomic E-state index is 14.1. The molecule has 60 heavy (non-hydrogen) atoms. The number of imidazole rings is 1. The van der Waals surface area contributed by atoms with E-state index in [0.29, 0.717) is 18.9 Å². The van der Waals surface area contributed by atoms with Crippen molar-refractivity contribution in [3.05, 3.63) is 72.1 Å². The number of nitrogens with zero attached hydrogens (tertiary/aromatic N) is 4. The number of H-pyrrole nitrogens is 1. The molecule has 5 aromatic rings. The zero-order chi connectivity index (χ0) is 42.0. The molecule has 3 N–H and O–H groups in total. The standard InChI is InChI=1S/C47H53N7O6/c1-24(2)39(51-46(57)59-5)44(55)53-19-7-8-38(53)37-23-34-32-15-10-26(20-28(32)12-17-35(34)48-37)27-11-16-33-29(21-27)13-18-36-41(33)50-43(49-36)42-30-9-14-31(22-30)54(42)45(56)40(25(3)4)52-47(58)60-6/h10-13,15-18,20-21,24-25,30-31,38-40,42H,7-9,14,19,22-23H2,1-6H3,(H,49,50)(H,51,57)(H,52,58)/t30-,31+,38-,39-,40-,42-/m0/s1. The van der Waals surface area contributed by atoms with Crippen molar-refractivity contribution in [1.82, 2.24) is 30.4 Å². The molecule has 3 aliphatic heterocycles. The molecule has 4 amide bonds. The normalized spacial score (nSPS) is 21.8. The predicted octanol–water partition coefficient (Wildman–Crippen LogP) is 7.97. The fraction of sp³-hybridized carbons (Fsp3) is 0.447. The first-order chi connectivity index (χ1) is 28.9. The van der Waals surface area contributed by atoms with Crippen LogP contribution >= 0.6 is 0 Å². The van der Waals surface area contributed by atoms with Gasteiger partial charge < -0.3 is 34.9 Å². The van der Waals surface area contributed by atoms with Gasteiger partial charge >= 0.3 is 12.2 Å². The topological polar surface area (TPSA) is 158 Å². The molecule has 2 saturated heterocycles. The fourth-order valence-electron chi connectivity index (χ4n) is 10.3. The van der Waals surface area contributed by atoms with Gasteiger partial charge in [-0.1, -0.05) is 64.1 Å². The largest absolute Gasteiger partial charge is 0.453 e. The van der Waals surface area contributed by atoms with Crippen LogP contribution in [0, 0.1) is 17.8 Å². The molecule has 9 rings (SSSR count). The lowest BCUT2D eigenvalue weighted by atomic mass is 9.94. The van der Waals surface area contributed by atoms with Gasteiger partial charge in [-0.05, 0) is 107 Å². The molecule has 6 atom stereocenters. The van der Waals surface area contributed by atoms with Gasteiger partial charge in [-0.2, -0.15) is 0 Å². The summed E-state index contributed by atoms with van der Waals surface area (Å²) in [5.74, 6) is 0.709. The van der Waals surface area contributed by atoms with Gasteiger partial charge in [0.15, 0.2) is 0 Å². The number of hydrogen-bond donors (Lipinski definition) is 3. The molecule has 4 aliphatic rings. The molecular weight excluding hydrogens is 759 g/mol. The van der Waals surface area contributed by atoms with Gasteiger partial charge in [0.05, 0.1) is 43.0 Å². The van der Waals surface area contributed by atoms with E-state index in [1.165, 1.54) is 19.8 Å². The maximum Gasteiger partial charge on any atom is 0.407 e. The molecule has 0 spiro atoms. The molecule has 1 aliphatic carbocycles. The lowest BCUT2D eigenvalue weighted by Gasteiger charge is -2.37. The first kappa shape index (κ1) is 39.5. The van der Waals surface area contributed by atoms with E-state index < -0.39 is 24.3 Å². The quantitative estimate of drug-likeness (QED) is 0.136. The Bertz CT molecular complexity index is 2580. The molecule has 4 aromatic carbocycles. The summed E-state index contributed by atoms with van der Waals surface area (Å²) in [5.41, 5.74) is 7.12. The Kier molecular flexibility index (Phi) is 10.2. The van der Waals surface area contributed by atoms with E-state index in [-0.39, 0.29) is 41.8 Å². The van der Waals surface area contributed by atoms with Crippen molar-refractivity contribution >= 4 is 68.0 Å². The van der Waals surface area contributed by atoms with Crippen molar-refractivity contribution < 1.29 is 28.7 Å². The molecule has 2 bridgehead atoms. The van der Waals surface area contributed by atoms with Crippen LogP contribution < -0.4 is 10.6 Å². The van der Waals surface area contributed by atoms with E-state index in [1.54, 1.807) is 0 Å². The summed E-state index contributed by atoms with van der Waals surface area (Å²) < 4.78 is 9.66. The van der Waals surface area contributed by atoms with Crippen LogP contribution in [0.1, 0.15) is 77.2 Å². The smallest absolute Gasteiger partial charge is 0.407 e. The first-order valence-electron chi connectivity index (χ1n) is 21.3. The third kappa shape index (κ3) is 6.81. The number of carbonyl (C=O) groups excluding carboxylic acids is 4. The number of likely N-dealkylation sites (tertiary alicyclic amines) is 2. The van der Waals surface area contributed by atoms with Crippen LogP contribution in [0.3, 0.4) is 0 Å². The number of benzene rings is 4. The number of ether oxygens (including phenoxy) is 2. The predicted molar refractivity (Wildman–Crippen MR) is 231 cm³/mol. The van der Waals surface area contributed by atoms with Crippen LogP contribution in [0.5, 0.6) is 0 Å². The average molecular weight is 812 g/mol. The Hall–Kier alpha value is -5.98. The highest BCUT2D eigenvalue weighted by atomic mass is 16.5. The maximum absolute atomic E-state index is 14.1. The van der Waals surface area contributed by atoms with E-state index in [1.807, 2.05) is 37.5 Å². The van der Waals surface area contributed by atoms with E-state index in [2.05, 4.69) is 76.3 Å². The third-order valence-corrected chi connectivity index (χ3v) is 13.4. The summed E-state index contributed by atoms with van der Waals surface area (Å²) in [6.07, 6.45) is 4.10. The molecule has 0 radical (unpaired) electrons. The average Bonchev–Trinajstić information content (AvgIpc) is 4.11. The summed E-state index contributed by atoms with van der Waals surface area (Å²) in [5, 5.41) is 9.91. The molecule has 13 heteroatoms. The Morgan fingerprint density at radius 2 is 1.43 bits per heavy atom. The summed E-state index contributed by atoms with van der Waals surface area (Å²) in [4.78, 5) is 69.9. The highest BCUT2D eigenvalue weighted by Gasteiger charge is 2.51. The number of nitrogens with one attached hydrogen (secondary N) is 3. The van der Waals surface area contributed by atoms with Gasteiger partial charge in [0, 0.05) is 30.1 Å². The number of fused-ring (bicyclic) bond motifs is 8. The number of alkyl carbamates (subject to hydrolysis) is 2. The van der Waals surface area contributed by atoms with Gasteiger partial charge in [-0.3, -0.25) is 14.6 Å². The number of hydrogen-bond acceptors (Lipinski definition) is 8. The van der Waals surface area contributed by atoms with E-state index in [9.17, 15) is 19.2 Å². The SMILES string of the molecule is COC(=O)N[C@H](C(=O)N1CCC[C@H]1C1=Nc2ccc3cc(-c4ccc5c(ccc6[nH]c([C@@H]7[C@H]8CC[C@H](C8)N7C(=O)[C@@H](NC(=O)OC)C(C)C)nc65)c4)ccc3c2C1)C(C)C. The molecular formula is C47H53N7O6. The van der Waals surface area contributed by atoms with Crippen molar-refractivity contribution in [1.29, 1.82) is 0 Å². The van der Waals surface area contributed by atoms with Crippen molar-refractivity contribution in [3.63, 3.8) is 0 Å². The Morgan fingerprint density at radius 3 is 2.12 bits per heavy atom. The second kappa shape index (κ2) is 15.6. The second-order valence-electron chi connectivity index (χ2n) is 17.6. The molecule has 13 nitrogen and oxygen atoms in total. The minimum Gasteiger partial charge on any atom is -0.453 e. The minimum atomic E-state index is -0.688. The molecule has 3 fully saturated rings. The number of carbonyl (C=O) groups is 4. The second-order valence-corrected chi connectivity index (χ2v) is 17.6. The lowest BCUT2D eigenvalue weighted by molar-refractivity contribution is -0.139. The van der Waals surface area contributed by atoms with Crippen molar-refractivity contribution in [2.75, 3.05) is 20.8 Å². The van der Waals surface area contributed by atoms with Gasteiger partial charge in [-0.15, -0.1) is 0 Å². The highest BCUT2D eigenvalue weighted by molar-refractivity contribution is 6.07. The molecule has 1 saturated carbocycles. The Morgan fingerprint density at radius 1 is 0.783 bits per heavy atom. The first-order valence-corrected chi connectivity index (χ1v) is 21.3. The number of aromatic nitrogens is 2. The fourth-order valence-corrected chi connectivity index (χ4v) is 10.3. The van der Waals surface area contributed by atoms with Crippen LogP contribution in [-0.2, 0) is 25.5 Å². The Balaban J connectivity index is 0.956. The van der Waals surface area contributed by atoms with Crippen LogP contribution in [0.25, 0.3) is 43.7 Å². The summed E-state index contributed by atoms with van der Waals surface area (Å²) in [6.45, 7) is 8.36. The van der Waals surface area contributed by atoms with Crippen molar-refractivity contribution in [2.24, 2.45) is 22.7 Å². The molecule has 312 valence electrons. The van der Waals surface area contributed by atoms with E-state index in [4.69, 9.17) is 19.5 Å². The number of aromatic amines is 1. The van der Waals surface area contributed by atoms with E-state index >= 15 is 0 Å². The highest BCUT2D eigenvalue weighted by Crippen LogP contribution is 2.50. The molecule has 0 unspecified atom stereocenters.